The third-order valence-electron chi connectivity index (χ3n) is 11.3. The Labute approximate surface area is 330 Å². The molecule has 0 radical (unpaired) electrons. The number of benzene rings is 9. The zero-order valence-corrected chi connectivity index (χ0v) is 31.0. The Hall–Kier alpha value is -7.56. The number of nitrogens with one attached hydrogen (secondary N) is 1. The predicted octanol–water partition coefficient (Wildman–Crippen LogP) is 12.9. The summed E-state index contributed by atoms with van der Waals surface area (Å²) < 4.78 is 2.42. The van der Waals surface area contributed by atoms with E-state index in [1.807, 2.05) is 24.3 Å². The lowest BCUT2D eigenvalue weighted by Gasteiger charge is -2.22. The Kier molecular flexibility index (Phi) is 7.85. The normalized spacial score (nSPS) is 14.1. The molecule has 1 aromatic heterocycles. The third kappa shape index (κ3) is 5.78. The molecule has 268 valence electrons. The maximum absolute atomic E-state index is 5.15. The molecule has 1 aliphatic rings. The van der Waals surface area contributed by atoms with Crippen LogP contribution in [0.2, 0.25) is 0 Å². The molecular weight excluding hydrogens is 693 g/mol. The average Bonchev–Trinajstić information content (AvgIpc) is 3.65. The number of hydrogen-bond donors (Lipinski definition) is 1. The summed E-state index contributed by atoms with van der Waals surface area (Å²) >= 11 is 0. The summed E-state index contributed by atoms with van der Waals surface area (Å²) in [5, 5.41) is 11.2. The summed E-state index contributed by atoms with van der Waals surface area (Å²) in [5.74, 6) is 1.61. The Morgan fingerprint density at radius 1 is 0.351 bits per heavy atom. The van der Waals surface area contributed by atoms with Crippen LogP contribution in [0.3, 0.4) is 0 Å². The van der Waals surface area contributed by atoms with E-state index in [4.69, 9.17) is 9.98 Å². The summed E-state index contributed by atoms with van der Waals surface area (Å²) in [6, 6.07) is 73.5. The number of amidine groups is 2. The second-order valence-corrected chi connectivity index (χ2v) is 14.6. The standard InChI is InChI=1S/C53H36N4/c1-3-11-35(12-4-1)36-19-23-42(24-20-36)52-54-51(41-15-5-2-6-16-41)55-53(56-52)43-25-21-37(22-26-43)38-27-31-44(32-28-38)57-47-33-29-39-13-7-9-17-45(39)49(47)50-46-18-10-8-14-40(46)30-34-48(50)57/h1-34,53H,(H,54,55,56). The minimum Gasteiger partial charge on any atom is -0.324 e. The van der Waals surface area contributed by atoms with Gasteiger partial charge in [-0.05, 0) is 73.6 Å². The molecule has 4 nitrogen and oxygen atoms in total. The fourth-order valence-electron chi connectivity index (χ4n) is 8.42. The van der Waals surface area contributed by atoms with Crippen molar-refractivity contribution in [1.82, 2.24) is 9.88 Å². The summed E-state index contributed by atoms with van der Waals surface area (Å²) in [6.07, 6.45) is -0.385. The second-order valence-electron chi connectivity index (χ2n) is 14.6. The van der Waals surface area contributed by atoms with Gasteiger partial charge in [0.05, 0.1) is 11.0 Å². The van der Waals surface area contributed by atoms with E-state index in [-0.39, 0.29) is 6.17 Å². The first-order valence-corrected chi connectivity index (χ1v) is 19.4. The Balaban J connectivity index is 0.939. The smallest absolute Gasteiger partial charge is 0.169 e. The van der Waals surface area contributed by atoms with Crippen LogP contribution in [0.1, 0.15) is 22.9 Å². The van der Waals surface area contributed by atoms with Crippen molar-refractivity contribution in [1.29, 1.82) is 0 Å². The highest BCUT2D eigenvalue weighted by Crippen LogP contribution is 2.41. The van der Waals surface area contributed by atoms with E-state index >= 15 is 0 Å². The number of aromatic nitrogens is 1. The lowest BCUT2D eigenvalue weighted by molar-refractivity contribution is 0.756. The summed E-state index contributed by atoms with van der Waals surface area (Å²) in [4.78, 5) is 10.3. The number of fused-ring (bicyclic) bond motifs is 7. The van der Waals surface area contributed by atoms with E-state index in [1.165, 1.54) is 54.5 Å². The van der Waals surface area contributed by atoms with Crippen molar-refractivity contribution in [3.63, 3.8) is 0 Å². The van der Waals surface area contributed by atoms with Crippen LogP contribution in [0.4, 0.5) is 0 Å². The van der Waals surface area contributed by atoms with Gasteiger partial charge in [-0.2, -0.15) is 0 Å². The van der Waals surface area contributed by atoms with E-state index in [0.29, 0.717) is 0 Å². The molecule has 1 aliphatic heterocycles. The van der Waals surface area contributed by atoms with Gasteiger partial charge < -0.3 is 9.88 Å². The van der Waals surface area contributed by atoms with Gasteiger partial charge in [0.25, 0.3) is 0 Å². The van der Waals surface area contributed by atoms with Crippen LogP contribution in [0.25, 0.3) is 71.3 Å². The van der Waals surface area contributed by atoms with Gasteiger partial charge in [-0.1, -0.05) is 182 Å². The average molecular weight is 729 g/mol. The highest BCUT2D eigenvalue weighted by molar-refractivity contribution is 6.28. The maximum atomic E-state index is 5.15. The SMILES string of the molecule is c1ccc(C2=NC(c3ccc(-c4ccc(-n5c6ccc7ccccc7c6c6c7ccccc7ccc65)cc4)cc3)N=C(c3ccc(-c4ccccc4)cc3)N2)cc1. The van der Waals surface area contributed by atoms with Crippen LogP contribution in [0.5, 0.6) is 0 Å². The van der Waals surface area contributed by atoms with Gasteiger partial charge in [0.1, 0.15) is 11.7 Å². The van der Waals surface area contributed by atoms with Crippen molar-refractivity contribution in [3.8, 4) is 27.9 Å². The van der Waals surface area contributed by atoms with Crippen LogP contribution in [0.15, 0.2) is 216 Å². The molecule has 2 heterocycles. The molecule has 0 amide bonds. The highest BCUT2D eigenvalue weighted by atomic mass is 15.2. The molecule has 0 fully saturated rings. The molecule has 0 spiro atoms. The van der Waals surface area contributed by atoms with Crippen LogP contribution >= 0.6 is 0 Å². The van der Waals surface area contributed by atoms with Gasteiger partial charge in [0.2, 0.25) is 0 Å². The van der Waals surface area contributed by atoms with Crippen molar-refractivity contribution in [2.75, 3.05) is 0 Å². The van der Waals surface area contributed by atoms with E-state index < -0.39 is 0 Å². The largest absolute Gasteiger partial charge is 0.324 e. The van der Waals surface area contributed by atoms with Gasteiger partial charge in [-0.3, -0.25) is 0 Å². The van der Waals surface area contributed by atoms with E-state index in [0.717, 1.165) is 45.2 Å². The second kappa shape index (κ2) is 13.6. The first-order chi connectivity index (χ1) is 28.2. The van der Waals surface area contributed by atoms with E-state index in [9.17, 15) is 0 Å². The molecule has 10 aromatic rings. The van der Waals surface area contributed by atoms with Gasteiger partial charge in [-0.15, -0.1) is 0 Å². The predicted molar refractivity (Wildman–Crippen MR) is 238 cm³/mol. The van der Waals surface area contributed by atoms with Crippen molar-refractivity contribution in [2.45, 2.75) is 6.17 Å². The van der Waals surface area contributed by atoms with Crippen LogP contribution in [0, 0.1) is 0 Å². The van der Waals surface area contributed by atoms with Crippen LogP contribution in [-0.4, -0.2) is 16.2 Å². The van der Waals surface area contributed by atoms with Crippen molar-refractivity contribution in [3.05, 3.63) is 223 Å². The van der Waals surface area contributed by atoms with Crippen molar-refractivity contribution in [2.24, 2.45) is 9.98 Å². The Morgan fingerprint density at radius 2 is 0.754 bits per heavy atom. The molecule has 0 saturated heterocycles. The summed E-state index contributed by atoms with van der Waals surface area (Å²) in [5.41, 5.74) is 11.3. The minimum atomic E-state index is -0.385. The highest BCUT2D eigenvalue weighted by Gasteiger charge is 2.21. The molecule has 1 N–H and O–H groups in total. The Bertz CT molecular complexity index is 3070. The van der Waals surface area contributed by atoms with E-state index in [1.54, 1.807) is 0 Å². The van der Waals surface area contributed by atoms with Crippen LogP contribution in [-0.2, 0) is 0 Å². The first-order valence-electron chi connectivity index (χ1n) is 19.4. The zero-order valence-electron chi connectivity index (χ0n) is 31.0. The van der Waals surface area contributed by atoms with Crippen LogP contribution < -0.4 is 5.32 Å². The maximum Gasteiger partial charge on any atom is 0.169 e. The lowest BCUT2D eigenvalue weighted by Crippen LogP contribution is -2.36. The number of rotatable bonds is 6. The van der Waals surface area contributed by atoms with E-state index in [2.05, 4.69) is 192 Å². The summed E-state index contributed by atoms with van der Waals surface area (Å²) in [6.45, 7) is 0. The van der Waals surface area contributed by atoms with Crippen molar-refractivity contribution >= 4 is 55.0 Å². The molecule has 4 heteroatoms. The fourth-order valence-corrected chi connectivity index (χ4v) is 8.42. The number of aliphatic imine (C=N–C) groups is 2. The van der Waals surface area contributed by atoms with Crippen molar-refractivity contribution < 1.29 is 0 Å². The number of nitrogens with zero attached hydrogens (tertiary/aromatic N) is 3. The minimum absolute atomic E-state index is 0.385. The van der Waals surface area contributed by atoms with Gasteiger partial charge in [0, 0.05) is 27.6 Å². The monoisotopic (exact) mass is 728 g/mol. The molecule has 9 aromatic carbocycles. The van der Waals surface area contributed by atoms with Gasteiger partial charge >= 0.3 is 0 Å². The zero-order chi connectivity index (χ0) is 37.7. The topological polar surface area (TPSA) is 41.7 Å². The molecule has 1 atom stereocenters. The molecule has 0 bridgehead atoms. The number of hydrogen-bond acceptors (Lipinski definition) is 3. The van der Waals surface area contributed by atoms with Gasteiger partial charge in [-0.25, -0.2) is 9.98 Å². The van der Waals surface area contributed by atoms with Gasteiger partial charge in [0.15, 0.2) is 6.17 Å². The molecule has 0 aliphatic carbocycles. The third-order valence-corrected chi connectivity index (χ3v) is 11.3. The molecule has 0 saturated carbocycles. The molecule has 1 unspecified atom stereocenters. The quantitative estimate of drug-likeness (QED) is 0.182. The molecule has 11 rings (SSSR count). The molecular formula is C53H36N4. The lowest BCUT2D eigenvalue weighted by atomic mass is 10.00. The first kappa shape index (κ1) is 32.8. The Morgan fingerprint density at radius 3 is 1.30 bits per heavy atom. The summed E-state index contributed by atoms with van der Waals surface area (Å²) in [7, 11) is 0. The fraction of sp³-hybridized carbons (Fsp3) is 0.0189. The molecule has 57 heavy (non-hydrogen) atoms.